The zero-order valence-electron chi connectivity index (χ0n) is 15.6. The fourth-order valence-electron chi connectivity index (χ4n) is 2.89. The van der Waals surface area contributed by atoms with Gasteiger partial charge in [0.1, 0.15) is 11.5 Å². The van der Waals surface area contributed by atoms with E-state index in [2.05, 4.69) is 10.3 Å². The Hall–Kier alpha value is -3.17. The van der Waals surface area contributed by atoms with Crippen molar-refractivity contribution >= 4 is 43.1 Å². The van der Waals surface area contributed by atoms with Crippen LogP contribution in [0, 0.1) is 0 Å². The van der Waals surface area contributed by atoms with E-state index >= 15 is 0 Å². The molecule has 0 aliphatic rings. The average molecular weight is 428 g/mol. The second-order valence-electron chi connectivity index (χ2n) is 6.47. The monoisotopic (exact) mass is 427 g/mol. The zero-order valence-corrected chi connectivity index (χ0v) is 17.3. The second kappa shape index (κ2) is 7.34. The van der Waals surface area contributed by atoms with Crippen molar-refractivity contribution in [3.63, 3.8) is 0 Å². The third kappa shape index (κ3) is 4.01. The highest BCUT2D eigenvalue weighted by Crippen LogP contribution is 2.33. The number of fused-ring (bicyclic) bond motifs is 1. The van der Waals surface area contributed by atoms with Crippen LogP contribution >= 0.6 is 11.3 Å². The zero-order chi connectivity index (χ0) is 20.6. The Kier molecular flexibility index (Phi) is 4.85. The molecule has 148 valence electrons. The Morgan fingerprint density at radius 2 is 1.93 bits per heavy atom. The van der Waals surface area contributed by atoms with E-state index in [4.69, 9.17) is 4.74 Å². The quantitative estimate of drug-likeness (QED) is 0.518. The predicted octanol–water partition coefficient (Wildman–Crippen LogP) is 4.08. The molecule has 0 unspecified atom stereocenters. The number of benzene rings is 2. The summed E-state index contributed by atoms with van der Waals surface area (Å²) in [6.07, 6.45) is 4.66. The molecule has 0 saturated heterocycles. The maximum Gasteiger partial charge on any atom is 0.257 e. The van der Waals surface area contributed by atoms with Gasteiger partial charge in [-0.2, -0.15) is 0 Å². The second-order valence-corrected chi connectivity index (χ2v) is 9.38. The molecule has 1 N–H and O–H groups in total. The van der Waals surface area contributed by atoms with E-state index in [0.29, 0.717) is 22.2 Å². The molecular formula is C20H17N3O4S2. The summed E-state index contributed by atoms with van der Waals surface area (Å²) in [6, 6.07) is 11.5. The summed E-state index contributed by atoms with van der Waals surface area (Å²) in [5.74, 6) is 0.680. The highest BCUT2D eigenvalue weighted by Gasteiger charge is 2.15. The molecule has 4 aromatic rings. The van der Waals surface area contributed by atoms with Crippen LogP contribution in [0.4, 0.5) is 5.13 Å². The SMILES string of the molecule is Cn1ccc2c(Oc3ccc(S(C)(=O)=O)cc3)cc(C(=O)Nc3nccs3)cc21. The van der Waals surface area contributed by atoms with Crippen LogP contribution in [0.25, 0.3) is 10.9 Å². The largest absolute Gasteiger partial charge is 0.457 e. The van der Waals surface area contributed by atoms with Crippen LogP contribution in [-0.4, -0.2) is 30.1 Å². The number of carbonyl (C=O) groups excluding carboxylic acids is 1. The van der Waals surface area contributed by atoms with Crippen molar-refractivity contribution in [2.24, 2.45) is 7.05 Å². The summed E-state index contributed by atoms with van der Waals surface area (Å²) in [6.45, 7) is 0. The number of anilines is 1. The minimum Gasteiger partial charge on any atom is -0.457 e. The Labute approximate surface area is 171 Å². The fourth-order valence-corrected chi connectivity index (χ4v) is 4.04. The lowest BCUT2D eigenvalue weighted by atomic mass is 10.1. The van der Waals surface area contributed by atoms with Gasteiger partial charge in [-0.15, -0.1) is 11.3 Å². The number of hydrogen-bond donors (Lipinski definition) is 1. The van der Waals surface area contributed by atoms with Crippen LogP contribution in [0.1, 0.15) is 10.4 Å². The number of ether oxygens (including phenoxy) is 1. The molecule has 1 amide bonds. The molecule has 0 aliphatic carbocycles. The number of nitrogens with zero attached hydrogens (tertiary/aromatic N) is 2. The molecule has 0 bridgehead atoms. The Morgan fingerprint density at radius 3 is 2.59 bits per heavy atom. The van der Waals surface area contributed by atoms with Crippen molar-refractivity contribution < 1.29 is 17.9 Å². The standard InChI is InChI=1S/C20H17N3O4S2/c1-23-9-7-16-17(23)11-13(19(24)22-20-21-8-10-28-20)12-18(16)27-14-3-5-15(6-4-14)29(2,25)26/h3-12H,1-2H3,(H,21,22,24). The van der Waals surface area contributed by atoms with Crippen LogP contribution in [0.15, 0.2) is 65.1 Å². The van der Waals surface area contributed by atoms with Gasteiger partial charge in [-0.05, 0) is 42.5 Å². The van der Waals surface area contributed by atoms with Gasteiger partial charge in [-0.3, -0.25) is 10.1 Å². The topological polar surface area (TPSA) is 90.3 Å². The molecule has 7 nitrogen and oxygen atoms in total. The highest BCUT2D eigenvalue weighted by atomic mass is 32.2. The Morgan fingerprint density at radius 1 is 1.17 bits per heavy atom. The van der Waals surface area contributed by atoms with Gasteiger partial charge < -0.3 is 9.30 Å². The number of carbonyl (C=O) groups is 1. The van der Waals surface area contributed by atoms with Gasteiger partial charge in [0.15, 0.2) is 15.0 Å². The summed E-state index contributed by atoms with van der Waals surface area (Å²) >= 11 is 1.34. The van der Waals surface area contributed by atoms with E-state index < -0.39 is 9.84 Å². The molecule has 0 fully saturated rings. The van der Waals surface area contributed by atoms with Crippen molar-refractivity contribution in [3.8, 4) is 11.5 Å². The number of rotatable bonds is 5. The summed E-state index contributed by atoms with van der Waals surface area (Å²) < 4.78 is 31.2. The third-order valence-corrected chi connectivity index (χ3v) is 6.18. The first-order chi connectivity index (χ1) is 13.8. The molecule has 2 heterocycles. The van der Waals surface area contributed by atoms with E-state index in [1.807, 2.05) is 23.9 Å². The van der Waals surface area contributed by atoms with Crippen LogP contribution in [0.2, 0.25) is 0 Å². The van der Waals surface area contributed by atoms with Crippen molar-refractivity contribution in [1.82, 2.24) is 9.55 Å². The Bertz CT molecular complexity index is 1290. The third-order valence-electron chi connectivity index (χ3n) is 4.36. The predicted molar refractivity (Wildman–Crippen MR) is 113 cm³/mol. The molecular weight excluding hydrogens is 410 g/mol. The lowest BCUT2D eigenvalue weighted by molar-refractivity contribution is 0.102. The number of aromatic nitrogens is 2. The average Bonchev–Trinajstić information content (AvgIpc) is 3.31. The van der Waals surface area contributed by atoms with E-state index in [-0.39, 0.29) is 10.8 Å². The maximum absolute atomic E-state index is 12.7. The van der Waals surface area contributed by atoms with Crippen molar-refractivity contribution in [2.75, 3.05) is 11.6 Å². The molecule has 0 radical (unpaired) electrons. The summed E-state index contributed by atoms with van der Waals surface area (Å²) in [7, 11) is -1.40. The normalized spacial score (nSPS) is 11.5. The first-order valence-electron chi connectivity index (χ1n) is 8.59. The van der Waals surface area contributed by atoms with Crippen molar-refractivity contribution in [1.29, 1.82) is 0 Å². The van der Waals surface area contributed by atoms with E-state index in [1.165, 1.54) is 23.5 Å². The summed E-state index contributed by atoms with van der Waals surface area (Å²) in [5, 5.41) is 5.90. The number of amides is 1. The molecule has 2 aromatic heterocycles. The summed E-state index contributed by atoms with van der Waals surface area (Å²) in [5.41, 5.74) is 1.26. The number of hydrogen-bond acceptors (Lipinski definition) is 6. The van der Waals surface area contributed by atoms with Crippen molar-refractivity contribution in [2.45, 2.75) is 4.90 Å². The van der Waals surface area contributed by atoms with Crippen LogP contribution in [0.5, 0.6) is 11.5 Å². The van der Waals surface area contributed by atoms with Gasteiger partial charge in [0, 0.05) is 42.0 Å². The van der Waals surface area contributed by atoms with E-state index in [1.54, 1.807) is 35.8 Å². The lowest BCUT2D eigenvalue weighted by Gasteiger charge is -2.11. The molecule has 0 atom stereocenters. The van der Waals surface area contributed by atoms with Gasteiger partial charge in [0.25, 0.3) is 5.91 Å². The molecule has 0 saturated carbocycles. The minimum absolute atomic E-state index is 0.214. The molecule has 0 aliphatic heterocycles. The van der Waals surface area contributed by atoms with Gasteiger partial charge >= 0.3 is 0 Å². The van der Waals surface area contributed by atoms with Gasteiger partial charge in [0.2, 0.25) is 0 Å². The number of nitrogens with one attached hydrogen (secondary N) is 1. The van der Waals surface area contributed by atoms with E-state index in [9.17, 15) is 13.2 Å². The number of sulfone groups is 1. The van der Waals surface area contributed by atoms with Gasteiger partial charge in [0.05, 0.1) is 10.4 Å². The van der Waals surface area contributed by atoms with E-state index in [0.717, 1.165) is 17.2 Å². The van der Waals surface area contributed by atoms with Crippen LogP contribution in [-0.2, 0) is 16.9 Å². The number of thiazole rings is 1. The van der Waals surface area contributed by atoms with Crippen LogP contribution < -0.4 is 10.1 Å². The molecule has 29 heavy (non-hydrogen) atoms. The highest BCUT2D eigenvalue weighted by molar-refractivity contribution is 7.90. The maximum atomic E-state index is 12.7. The Balaban J connectivity index is 1.70. The molecule has 2 aromatic carbocycles. The van der Waals surface area contributed by atoms with Crippen LogP contribution in [0.3, 0.4) is 0 Å². The van der Waals surface area contributed by atoms with Gasteiger partial charge in [-0.1, -0.05) is 0 Å². The molecule has 0 spiro atoms. The lowest BCUT2D eigenvalue weighted by Crippen LogP contribution is -2.12. The number of aryl methyl sites for hydroxylation is 1. The van der Waals surface area contributed by atoms with Crippen molar-refractivity contribution in [3.05, 3.63) is 65.8 Å². The molecule has 9 heteroatoms. The molecule has 4 rings (SSSR count). The van der Waals surface area contributed by atoms with Gasteiger partial charge in [-0.25, -0.2) is 13.4 Å². The smallest absolute Gasteiger partial charge is 0.257 e. The first-order valence-corrected chi connectivity index (χ1v) is 11.4. The summed E-state index contributed by atoms with van der Waals surface area (Å²) in [4.78, 5) is 17.0. The minimum atomic E-state index is -3.28. The fraction of sp³-hybridized carbons (Fsp3) is 0.100. The first kappa shape index (κ1) is 19.2.